The van der Waals surface area contributed by atoms with Gasteiger partial charge in [0, 0.05) is 12.2 Å². The summed E-state index contributed by atoms with van der Waals surface area (Å²) < 4.78 is 63.0. The van der Waals surface area contributed by atoms with Gasteiger partial charge in [-0.1, -0.05) is 30.3 Å². The van der Waals surface area contributed by atoms with E-state index in [1.165, 1.54) is 0 Å². The molecule has 0 heterocycles. The zero-order chi connectivity index (χ0) is 18.4. The number of carbonyl (C=O) groups excluding carboxylic acids is 1. The van der Waals surface area contributed by atoms with Crippen molar-refractivity contribution in [2.75, 3.05) is 11.9 Å². The van der Waals surface area contributed by atoms with Crippen LogP contribution in [0.2, 0.25) is 0 Å². The van der Waals surface area contributed by atoms with Crippen LogP contribution in [0.4, 0.5) is 32.4 Å². The van der Waals surface area contributed by atoms with Crippen LogP contribution >= 0.6 is 0 Å². The molecule has 0 radical (unpaired) electrons. The lowest BCUT2D eigenvalue weighted by Crippen LogP contribution is -2.37. The number of hydrogen-bond acceptors (Lipinski definition) is 1. The van der Waals surface area contributed by atoms with Crippen molar-refractivity contribution in [3.8, 4) is 0 Å². The molecule has 25 heavy (non-hydrogen) atoms. The Bertz CT molecular complexity index is 686. The van der Waals surface area contributed by atoms with Crippen LogP contribution in [-0.4, -0.2) is 23.9 Å². The van der Waals surface area contributed by atoms with Crippen molar-refractivity contribution >= 4 is 11.7 Å². The van der Waals surface area contributed by atoms with Crippen molar-refractivity contribution in [3.05, 3.63) is 65.7 Å². The number of anilines is 1. The number of benzene rings is 2. The Balaban J connectivity index is 2.08. The van der Waals surface area contributed by atoms with Gasteiger partial charge in [0.1, 0.15) is 0 Å². The van der Waals surface area contributed by atoms with Crippen LogP contribution in [0.5, 0.6) is 0 Å². The van der Waals surface area contributed by atoms with Crippen LogP contribution in [0.3, 0.4) is 0 Å². The average Bonchev–Trinajstić information content (AvgIpc) is 2.54. The van der Waals surface area contributed by atoms with Crippen molar-refractivity contribution in [1.29, 1.82) is 0 Å². The van der Waals surface area contributed by atoms with Crippen molar-refractivity contribution in [2.45, 2.75) is 19.1 Å². The van der Waals surface area contributed by atoms with Crippen LogP contribution in [0.1, 0.15) is 11.1 Å². The molecule has 0 aliphatic heterocycles. The van der Waals surface area contributed by atoms with E-state index in [0.29, 0.717) is 5.56 Å². The number of urea groups is 1. The van der Waals surface area contributed by atoms with Gasteiger partial charge >= 0.3 is 12.2 Å². The van der Waals surface area contributed by atoms with Gasteiger partial charge in [-0.15, -0.1) is 0 Å². The van der Waals surface area contributed by atoms with E-state index in [9.17, 15) is 26.7 Å². The van der Waals surface area contributed by atoms with Gasteiger partial charge in [-0.2, -0.15) is 13.2 Å². The Kier molecular flexibility index (Phi) is 5.95. The molecular formula is C17H15F5N2O. The van der Waals surface area contributed by atoms with Gasteiger partial charge in [-0.05, 0) is 29.8 Å². The molecule has 0 saturated carbocycles. The SMILES string of the molecule is O=C(Nc1ccc(C(F)(F)F)cc1)N(Cc1ccccc1)CC(F)F. The summed E-state index contributed by atoms with van der Waals surface area (Å²) in [7, 11) is 0. The highest BCUT2D eigenvalue weighted by molar-refractivity contribution is 5.89. The molecule has 0 spiro atoms. The maximum atomic E-state index is 12.7. The van der Waals surface area contributed by atoms with Crippen LogP contribution in [-0.2, 0) is 12.7 Å². The minimum atomic E-state index is -4.49. The molecule has 1 N–H and O–H groups in total. The second kappa shape index (κ2) is 7.96. The van der Waals surface area contributed by atoms with E-state index in [0.717, 1.165) is 29.2 Å². The van der Waals surface area contributed by atoms with Crippen molar-refractivity contribution in [2.24, 2.45) is 0 Å². The number of rotatable bonds is 5. The van der Waals surface area contributed by atoms with Gasteiger partial charge in [0.25, 0.3) is 6.43 Å². The first kappa shape index (κ1) is 18.7. The lowest BCUT2D eigenvalue weighted by Gasteiger charge is -2.23. The second-order valence-corrected chi connectivity index (χ2v) is 5.26. The molecule has 0 bridgehead atoms. The zero-order valence-electron chi connectivity index (χ0n) is 12.9. The largest absolute Gasteiger partial charge is 0.416 e. The van der Waals surface area contributed by atoms with Gasteiger partial charge in [0.05, 0.1) is 12.1 Å². The predicted molar refractivity (Wildman–Crippen MR) is 83.3 cm³/mol. The molecule has 0 unspecified atom stereocenters. The summed E-state index contributed by atoms with van der Waals surface area (Å²) in [4.78, 5) is 13.1. The first-order valence-corrected chi connectivity index (χ1v) is 7.31. The smallest absolute Gasteiger partial charge is 0.314 e. The molecule has 3 nitrogen and oxygen atoms in total. The average molecular weight is 358 g/mol. The van der Waals surface area contributed by atoms with E-state index < -0.39 is 30.7 Å². The van der Waals surface area contributed by atoms with Crippen LogP contribution in [0.25, 0.3) is 0 Å². The quantitative estimate of drug-likeness (QED) is 0.749. The fraction of sp³-hybridized carbons (Fsp3) is 0.235. The topological polar surface area (TPSA) is 32.3 Å². The van der Waals surface area contributed by atoms with E-state index in [4.69, 9.17) is 0 Å². The molecule has 0 saturated heterocycles. The number of hydrogen-bond donors (Lipinski definition) is 1. The van der Waals surface area contributed by atoms with Crippen LogP contribution < -0.4 is 5.32 Å². The molecular weight excluding hydrogens is 343 g/mol. The molecule has 2 aromatic carbocycles. The van der Waals surface area contributed by atoms with E-state index >= 15 is 0 Å². The van der Waals surface area contributed by atoms with Crippen LogP contribution in [0.15, 0.2) is 54.6 Å². The molecule has 0 aliphatic rings. The number of halogens is 5. The number of alkyl halides is 5. The monoisotopic (exact) mass is 358 g/mol. The number of nitrogens with one attached hydrogen (secondary N) is 1. The van der Waals surface area contributed by atoms with Crippen LogP contribution in [0, 0.1) is 0 Å². The summed E-state index contributed by atoms with van der Waals surface area (Å²) in [5.74, 6) is 0. The van der Waals surface area contributed by atoms with Gasteiger partial charge in [0.2, 0.25) is 0 Å². The summed E-state index contributed by atoms with van der Waals surface area (Å²) in [5, 5.41) is 2.33. The number of carbonyl (C=O) groups is 1. The molecule has 0 aromatic heterocycles. The zero-order valence-corrected chi connectivity index (χ0v) is 12.9. The van der Waals surface area contributed by atoms with Gasteiger partial charge < -0.3 is 10.2 Å². The second-order valence-electron chi connectivity index (χ2n) is 5.26. The standard InChI is InChI=1S/C17H15F5N2O/c18-15(19)11-24(10-12-4-2-1-3-5-12)16(25)23-14-8-6-13(7-9-14)17(20,21)22/h1-9,15H,10-11H2,(H,23,25). The molecule has 2 amide bonds. The molecule has 8 heteroatoms. The minimum Gasteiger partial charge on any atom is -0.314 e. The Morgan fingerprint density at radius 1 is 1.00 bits per heavy atom. The highest BCUT2D eigenvalue weighted by Crippen LogP contribution is 2.29. The summed E-state index contributed by atoms with van der Waals surface area (Å²) in [6.07, 6.45) is -7.22. The van der Waals surface area contributed by atoms with Gasteiger partial charge in [-0.3, -0.25) is 0 Å². The maximum absolute atomic E-state index is 12.7. The summed E-state index contributed by atoms with van der Waals surface area (Å²) in [5.41, 5.74) is -0.115. The van der Waals surface area contributed by atoms with Gasteiger partial charge in [-0.25, -0.2) is 13.6 Å². The summed E-state index contributed by atoms with van der Waals surface area (Å²) >= 11 is 0. The van der Waals surface area contributed by atoms with Crippen molar-refractivity contribution in [3.63, 3.8) is 0 Å². The Morgan fingerprint density at radius 2 is 1.60 bits per heavy atom. The lowest BCUT2D eigenvalue weighted by molar-refractivity contribution is -0.137. The third kappa shape index (κ3) is 5.74. The van der Waals surface area contributed by atoms with E-state index in [1.54, 1.807) is 30.3 Å². The fourth-order valence-electron chi connectivity index (χ4n) is 2.13. The number of amides is 2. The first-order valence-electron chi connectivity index (χ1n) is 7.31. The summed E-state index contributed by atoms with van der Waals surface area (Å²) in [6, 6.07) is 11.5. The van der Waals surface area contributed by atoms with E-state index in [-0.39, 0.29) is 12.2 Å². The molecule has 0 aliphatic carbocycles. The maximum Gasteiger partial charge on any atom is 0.416 e. The highest BCUT2D eigenvalue weighted by Gasteiger charge is 2.30. The Labute approximate surface area is 141 Å². The third-order valence-electron chi connectivity index (χ3n) is 3.33. The lowest BCUT2D eigenvalue weighted by atomic mass is 10.2. The summed E-state index contributed by atoms with van der Waals surface area (Å²) in [6.45, 7) is -0.834. The molecule has 2 aromatic rings. The van der Waals surface area contributed by atoms with E-state index in [2.05, 4.69) is 5.32 Å². The third-order valence-corrected chi connectivity index (χ3v) is 3.33. The molecule has 2 rings (SSSR count). The molecule has 0 fully saturated rings. The Hall–Kier alpha value is -2.64. The normalized spacial score (nSPS) is 11.4. The van der Waals surface area contributed by atoms with Crippen molar-refractivity contribution < 1.29 is 26.7 Å². The Morgan fingerprint density at radius 3 is 2.12 bits per heavy atom. The molecule has 0 atom stereocenters. The molecule has 134 valence electrons. The first-order chi connectivity index (χ1) is 11.8. The highest BCUT2D eigenvalue weighted by atomic mass is 19.4. The van der Waals surface area contributed by atoms with E-state index in [1.807, 2.05) is 0 Å². The predicted octanol–water partition coefficient (Wildman–Crippen LogP) is 5.00. The minimum absolute atomic E-state index is 0.0440. The fourth-order valence-corrected chi connectivity index (χ4v) is 2.13. The number of nitrogens with zero attached hydrogens (tertiary/aromatic N) is 1. The van der Waals surface area contributed by atoms with Crippen molar-refractivity contribution in [1.82, 2.24) is 4.90 Å². The van der Waals surface area contributed by atoms with Gasteiger partial charge in [0.15, 0.2) is 0 Å².